The van der Waals surface area contributed by atoms with E-state index in [9.17, 15) is 14.9 Å². The van der Waals surface area contributed by atoms with Crippen LogP contribution in [0.25, 0.3) is 0 Å². The van der Waals surface area contributed by atoms with Crippen molar-refractivity contribution in [2.45, 2.75) is 26.7 Å². The molecule has 0 heterocycles. The van der Waals surface area contributed by atoms with Crippen LogP contribution in [0.4, 0.5) is 5.69 Å². The summed E-state index contributed by atoms with van der Waals surface area (Å²) in [4.78, 5) is 22.6. The zero-order chi connectivity index (χ0) is 16.0. The molecule has 0 aliphatic carbocycles. The summed E-state index contributed by atoms with van der Waals surface area (Å²) in [6.07, 6.45) is 1.61. The van der Waals surface area contributed by atoms with Crippen molar-refractivity contribution in [2.24, 2.45) is 5.41 Å². The van der Waals surface area contributed by atoms with Crippen LogP contribution in [0.15, 0.2) is 18.2 Å². The summed E-state index contributed by atoms with van der Waals surface area (Å²) >= 11 is 11.9. The number of nitro benzene ring substituents is 1. The van der Waals surface area contributed by atoms with E-state index in [-0.39, 0.29) is 21.7 Å². The summed E-state index contributed by atoms with van der Waals surface area (Å²) in [6.45, 7) is 4.34. The molecule has 5 nitrogen and oxygen atoms in total. The van der Waals surface area contributed by atoms with Gasteiger partial charge in [-0.2, -0.15) is 0 Å². The maximum Gasteiger partial charge on any atom is 0.283 e. The van der Waals surface area contributed by atoms with E-state index < -0.39 is 10.8 Å². The van der Waals surface area contributed by atoms with Crippen molar-refractivity contribution in [3.63, 3.8) is 0 Å². The van der Waals surface area contributed by atoms with Crippen LogP contribution in [0.5, 0.6) is 0 Å². The van der Waals surface area contributed by atoms with Gasteiger partial charge in [-0.3, -0.25) is 14.9 Å². The Morgan fingerprint density at radius 3 is 2.48 bits per heavy atom. The fourth-order valence-electron chi connectivity index (χ4n) is 1.98. The Kier molecular flexibility index (Phi) is 6.42. The van der Waals surface area contributed by atoms with Crippen LogP contribution in [-0.2, 0) is 0 Å². The van der Waals surface area contributed by atoms with Gasteiger partial charge in [0.15, 0.2) is 0 Å². The van der Waals surface area contributed by atoms with E-state index >= 15 is 0 Å². The zero-order valence-corrected chi connectivity index (χ0v) is 13.5. The van der Waals surface area contributed by atoms with Crippen molar-refractivity contribution in [2.75, 3.05) is 12.4 Å². The summed E-state index contributed by atoms with van der Waals surface area (Å²) in [5.74, 6) is -0.145. The molecule has 0 aliphatic rings. The van der Waals surface area contributed by atoms with Crippen molar-refractivity contribution in [1.29, 1.82) is 0 Å². The molecule has 1 rings (SSSR count). The molecule has 0 atom stereocenters. The fraction of sp³-hybridized carbons (Fsp3) is 0.500. The number of hydrogen-bond donors (Lipinski definition) is 1. The van der Waals surface area contributed by atoms with Gasteiger partial charge in [0.05, 0.1) is 9.95 Å². The Hall–Kier alpha value is -1.33. The molecule has 116 valence electrons. The Balaban J connectivity index is 2.98. The topological polar surface area (TPSA) is 72.2 Å². The maximum absolute atomic E-state index is 12.2. The van der Waals surface area contributed by atoms with Gasteiger partial charge in [-0.15, -0.1) is 11.6 Å². The molecule has 1 amide bonds. The third kappa shape index (κ3) is 4.08. The smallest absolute Gasteiger partial charge is 0.283 e. The van der Waals surface area contributed by atoms with Gasteiger partial charge in [0.2, 0.25) is 0 Å². The first-order chi connectivity index (χ1) is 9.90. The minimum Gasteiger partial charge on any atom is -0.351 e. The minimum absolute atomic E-state index is 0.0613. The first-order valence-electron chi connectivity index (χ1n) is 6.68. The highest BCUT2D eigenvalue weighted by atomic mass is 35.5. The Morgan fingerprint density at radius 2 is 2.00 bits per heavy atom. The van der Waals surface area contributed by atoms with Crippen LogP contribution in [-0.4, -0.2) is 23.3 Å². The molecule has 1 aromatic carbocycles. The maximum atomic E-state index is 12.2. The first-order valence-corrected chi connectivity index (χ1v) is 7.59. The molecule has 0 radical (unpaired) electrons. The predicted molar refractivity (Wildman–Crippen MR) is 84.2 cm³/mol. The van der Waals surface area contributed by atoms with Crippen LogP contribution >= 0.6 is 23.2 Å². The highest BCUT2D eigenvalue weighted by Crippen LogP contribution is 2.29. The van der Waals surface area contributed by atoms with Crippen LogP contribution < -0.4 is 5.32 Å². The quantitative estimate of drug-likeness (QED) is 0.465. The molecule has 0 fully saturated rings. The van der Waals surface area contributed by atoms with Gasteiger partial charge in [-0.1, -0.05) is 31.5 Å². The summed E-state index contributed by atoms with van der Waals surface area (Å²) in [5.41, 5.74) is -0.628. The third-order valence-electron chi connectivity index (χ3n) is 3.82. The number of nitro groups is 1. The van der Waals surface area contributed by atoms with E-state index in [1.165, 1.54) is 18.2 Å². The summed E-state index contributed by atoms with van der Waals surface area (Å²) in [6, 6.07) is 4.16. The average molecular weight is 333 g/mol. The number of halogens is 2. The Labute approximate surface area is 133 Å². The highest BCUT2D eigenvalue weighted by molar-refractivity contribution is 6.34. The minimum atomic E-state index is -0.616. The molecule has 0 saturated carbocycles. The molecule has 0 saturated heterocycles. The van der Waals surface area contributed by atoms with E-state index in [0.29, 0.717) is 12.4 Å². The monoisotopic (exact) mass is 332 g/mol. The second-order valence-electron chi connectivity index (χ2n) is 4.91. The summed E-state index contributed by atoms with van der Waals surface area (Å²) < 4.78 is 0. The highest BCUT2D eigenvalue weighted by Gasteiger charge is 2.28. The van der Waals surface area contributed by atoms with Gasteiger partial charge in [0.1, 0.15) is 5.56 Å². The third-order valence-corrected chi connectivity index (χ3v) is 4.70. The molecule has 0 unspecified atom stereocenters. The molecule has 0 aliphatic heterocycles. The number of nitrogens with one attached hydrogen (secondary N) is 1. The average Bonchev–Trinajstić information content (AvgIpc) is 2.48. The number of hydrogen-bond acceptors (Lipinski definition) is 3. The molecular formula is C14H18Cl2N2O3. The second-order valence-corrected chi connectivity index (χ2v) is 5.59. The van der Waals surface area contributed by atoms with Crippen molar-refractivity contribution in [1.82, 2.24) is 5.32 Å². The van der Waals surface area contributed by atoms with Crippen molar-refractivity contribution < 1.29 is 9.72 Å². The van der Waals surface area contributed by atoms with Gasteiger partial charge in [-0.25, -0.2) is 0 Å². The number of rotatable bonds is 7. The van der Waals surface area contributed by atoms with E-state index in [4.69, 9.17) is 23.2 Å². The molecule has 0 spiro atoms. The van der Waals surface area contributed by atoms with E-state index in [2.05, 4.69) is 5.32 Å². The van der Waals surface area contributed by atoms with Gasteiger partial charge >= 0.3 is 0 Å². The number of nitrogens with zero attached hydrogens (tertiary/aromatic N) is 1. The lowest BCUT2D eigenvalue weighted by Gasteiger charge is -2.29. The molecule has 0 bridgehead atoms. The largest absolute Gasteiger partial charge is 0.351 e. The zero-order valence-electron chi connectivity index (χ0n) is 12.0. The van der Waals surface area contributed by atoms with Crippen LogP contribution in [0, 0.1) is 15.5 Å². The number of alkyl halides is 1. The first kappa shape index (κ1) is 17.7. The molecular weight excluding hydrogens is 315 g/mol. The van der Waals surface area contributed by atoms with Gasteiger partial charge in [0.25, 0.3) is 11.6 Å². The van der Waals surface area contributed by atoms with Crippen LogP contribution in [0.2, 0.25) is 5.02 Å². The van der Waals surface area contributed by atoms with E-state index in [0.717, 1.165) is 12.8 Å². The predicted octanol–water partition coefficient (Wildman–Crippen LogP) is 4.02. The van der Waals surface area contributed by atoms with Crippen molar-refractivity contribution in [3.8, 4) is 0 Å². The molecule has 1 N–H and O–H groups in total. The fourth-order valence-corrected chi connectivity index (χ4v) is 2.71. The van der Waals surface area contributed by atoms with Crippen LogP contribution in [0.3, 0.4) is 0 Å². The SMILES string of the molecule is CCC(CC)(CCl)CNC(=O)c1c(Cl)cccc1[N+](=O)[O-]. The second kappa shape index (κ2) is 7.61. The van der Waals surface area contributed by atoms with Gasteiger partial charge in [-0.05, 0) is 18.9 Å². The number of amides is 1. The summed E-state index contributed by atoms with van der Waals surface area (Å²) in [7, 11) is 0. The number of carbonyl (C=O) groups is 1. The molecule has 0 aromatic heterocycles. The molecule has 7 heteroatoms. The Morgan fingerprint density at radius 1 is 1.38 bits per heavy atom. The standard InChI is InChI=1S/C14H18Cl2N2O3/c1-3-14(4-2,8-15)9-17-13(19)12-10(16)6-5-7-11(12)18(20)21/h5-7H,3-4,8-9H2,1-2H3,(H,17,19). The van der Waals surface area contributed by atoms with Crippen LogP contribution in [0.1, 0.15) is 37.0 Å². The lowest BCUT2D eigenvalue weighted by atomic mass is 9.84. The lowest BCUT2D eigenvalue weighted by molar-refractivity contribution is -0.385. The van der Waals surface area contributed by atoms with Crippen molar-refractivity contribution >= 4 is 34.8 Å². The molecule has 1 aromatic rings. The van der Waals surface area contributed by atoms with E-state index in [1.807, 2.05) is 13.8 Å². The molecule has 21 heavy (non-hydrogen) atoms. The van der Waals surface area contributed by atoms with Crippen molar-refractivity contribution in [3.05, 3.63) is 38.9 Å². The van der Waals surface area contributed by atoms with E-state index in [1.54, 1.807) is 0 Å². The number of benzene rings is 1. The summed E-state index contributed by atoms with van der Waals surface area (Å²) in [5, 5.41) is 13.8. The van der Waals surface area contributed by atoms with Gasteiger partial charge in [0, 0.05) is 23.9 Å². The normalized spacial score (nSPS) is 11.2. The van der Waals surface area contributed by atoms with Gasteiger partial charge < -0.3 is 5.32 Å². The Bertz CT molecular complexity index is 523. The number of carbonyl (C=O) groups excluding carboxylic acids is 1. The lowest BCUT2D eigenvalue weighted by Crippen LogP contribution is -2.38.